The molecular formula is C14H24N4O. The third-order valence-corrected chi connectivity index (χ3v) is 3.95. The van der Waals surface area contributed by atoms with Gasteiger partial charge in [0.1, 0.15) is 5.82 Å². The smallest absolute Gasteiger partial charge is 0.130 e. The van der Waals surface area contributed by atoms with E-state index in [0.717, 1.165) is 25.3 Å². The summed E-state index contributed by atoms with van der Waals surface area (Å²) in [7, 11) is 6.10. The molecule has 106 valence electrons. The number of hydrogen-bond acceptors (Lipinski definition) is 5. The highest BCUT2D eigenvalue weighted by Crippen LogP contribution is 2.24. The molecule has 0 bridgehead atoms. The number of anilines is 1. The minimum absolute atomic E-state index is 0.222. The van der Waals surface area contributed by atoms with Crippen LogP contribution >= 0.6 is 0 Å². The molecule has 0 unspecified atom stereocenters. The van der Waals surface area contributed by atoms with Gasteiger partial charge in [0.05, 0.1) is 6.61 Å². The largest absolute Gasteiger partial charge is 0.395 e. The van der Waals surface area contributed by atoms with Gasteiger partial charge in [0.15, 0.2) is 0 Å². The standard InChI is InChI=1S/C14H24N4O/c1-15-14-11(5-4-6-16-14)8-18-9-12(17(2)3)7-13(18)10-19/h4-6,12-13,19H,7-10H2,1-3H3,(H,15,16)/t12-,13+/m1/s1. The van der Waals surface area contributed by atoms with Crippen molar-refractivity contribution in [2.75, 3.05) is 39.6 Å². The molecule has 19 heavy (non-hydrogen) atoms. The fraction of sp³-hybridized carbons (Fsp3) is 0.643. The van der Waals surface area contributed by atoms with Gasteiger partial charge in [0.25, 0.3) is 0 Å². The van der Waals surface area contributed by atoms with Gasteiger partial charge in [-0.05, 0) is 26.6 Å². The zero-order valence-electron chi connectivity index (χ0n) is 12.0. The van der Waals surface area contributed by atoms with E-state index in [4.69, 9.17) is 0 Å². The maximum Gasteiger partial charge on any atom is 0.130 e. The number of aliphatic hydroxyl groups excluding tert-OH is 1. The second kappa shape index (κ2) is 6.32. The molecule has 0 saturated carbocycles. The topological polar surface area (TPSA) is 51.6 Å². The summed E-state index contributed by atoms with van der Waals surface area (Å²) in [6.45, 7) is 2.05. The second-order valence-electron chi connectivity index (χ2n) is 5.38. The Hall–Kier alpha value is -1.17. The highest BCUT2D eigenvalue weighted by atomic mass is 16.3. The van der Waals surface area contributed by atoms with Crippen LogP contribution in [0.25, 0.3) is 0 Å². The lowest BCUT2D eigenvalue weighted by molar-refractivity contribution is 0.153. The summed E-state index contributed by atoms with van der Waals surface area (Å²) < 4.78 is 0. The third kappa shape index (κ3) is 3.23. The number of rotatable bonds is 5. The van der Waals surface area contributed by atoms with Crippen molar-refractivity contribution < 1.29 is 5.11 Å². The van der Waals surface area contributed by atoms with Gasteiger partial charge in [0.2, 0.25) is 0 Å². The Kier molecular flexibility index (Phi) is 4.74. The van der Waals surface area contributed by atoms with Gasteiger partial charge in [0, 0.05) is 44.0 Å². The second-order valence-corrected chi connectivity index (χ2v) is 5.38. The molecule has 1 fully saturated rings. The van der Waals surface area contributed by atoms with Crippen LogP contribution in [0.3, 0.4) is 0 Å². The molecule has 1 saturated heterocycles. The number of likely N-dealkylation sites (N-methyl/N-ethyl adjacent to an activating group) is 1. The molecule has 2 atom stereocenters. The maximum absolute atomic E-state index is 9.55. The van der Waals surface area contributed by atoms with Crippen LogP contribution in [0, 0.1) is 0 Å². The van der Waals surface area contributed by atoms with Crippen LogP contribution in [0.1, 0.15) is 12.0 Å². The van der Waals surface area contributed by atoms with Crippen molar-refractivity contribution in [3.05, 3.63) is 23.9 Å². The van der Waals surface area contributed by atoms with Crippen LogP contribution in [-0.2, 0) is 6.54 Å². The maximum atomic E-state index is 9.55. The summed E-state index contributed by atoms with van der Waals surface area (Å²) in [6, 6.07) is 4.82. The first-order valence-electron chi connectivity index (χ1n) is 6.78. The molecule has 1 aromatic rings. The average Bonchev–Trinajstić information content (AvgIpc) is 2.82. The van der Waals surface area contributed by atoms with E-state index < -0.39 is 0 Å². The number of likely N-dealkylation sites (tertiary alicyclic amines) is 1. The number of pyridine rings is 1. The highest BCUT2D eigenvalue weighted by Gasteiger charge is 2.32. The predicted molar refractivity (Wildman–Crippen MR) is 77.2 cm³/mol. The fourth-order valence-corrected chi connectivity index (χ4v) is 2.73. The van der Waals surface area contributed by atoms with E-state index in [-0.39, 0.29) is 12.6 Å². The molecule has 0 radical (unpaired) electrons. The Balaban J connectivity index is 2.09. The molecule has 1 aliphatic rings. The van der Waals surface area contributed by atoms with Crippen LogP contribution in [0.2, 0.25) is 0 Å². The van der Waals surface area contributed by atoms with Crippen LogP contribution in [-0.4, -0.2) is 66.3 Å². The van der Waals surface area contributed by atoms with Crippen LogP contribution < -0.4 is 5.32 Å². The van der Waals surface area contributed by atoms with Gasteiger partial charge in [-0.1, -0.05) is 6.07 Å². The quantitative estimate of drug-likeness (QED) is 0.816. The van der Waals surface area contributed by atoms with Gasteiger partial charge in [-0.25, -0.2) is 4.98 Å². The Bertz CT molecular complexity index is 410. The summed E-state index contributed by atoms with van der Waals surface area (Å²) >= 11 is 0. The van der Waals surface area contributed by atoms with E-state index in [0.29, 0.717) is 6.04 Å². The Morgan fingerprint density at radius 1 is 1.53 bits per heavy atom. The van der Waals surface area contributed by atoms with Crippen molar-refractivity contribution in [3.63, 3.8) is 0 Å². The minimum Gasteiger partial charge on any atom is -0.395 e. The molecule has 0 spiro atoms. The highest BCUT2D eigenvalue weighted by molar-refractivity contribution is 5.42. The van der Waals surface area contributed by atoms with Crippen molar-refractivity contribution in [1.29, 1.82) is 0 Å². The summed E-state index contributed by atoms with van der Waals surface area (Å²) in [4.78, 5) is 8.92. The molecular weight excluding hydrogens is 240 g/mol. The number of nitrogens with zero attached hydrogens (tertiary/aromatic N) is 3. The minimum atomic E-state index is 0.222. The third-order valence-electron chi connectivity index (χ3n) is 3.95. The number of aromatic nitrogens is 1. The Labute approximate surface area is 115 Å². The average molecular weight is 264 g/mol. The zero-order chi connectivity index (χ0) is 13.8. The van der Waals surface area contributed by atoms with Crippen molar-refractivity contribution >= 4 is 5.82 Å². The number of nitrogens with one attached hydrogen (secondary N) is 1. The van der Waals surface area contributed by atoms with Crippen molar-refractivity contribution in [2.24, 2.45) is 0 Å². The molecule has 2 heterocycles. The van der Waals surface area contributed by atoms with Crippen LogP contribution in [0.4, 0.5) is 5.82 Å². The Morgan fingerprint density at radius 3 is 2.95 bits per heavy atom. The molecule has 0 amide bonds. The fourth-order valence-electron chi connectivity index (χ4n) is 2.73. The lowest BCUT2D eigenvalue weighted by Gasteiger charge is -2.23. The van der Waals surface area contributed by atoms with Gasteiger partial charge in [-0.15, -0.1) is 0 Å². The number of hydrogen-bond donors (Lipinski definition) is 2. The molecule has 0 aliphatic carbocycles. The lowest BCUT2D eigenvalue weighted by Crippen LogP contribution is -2.33. The normalized spacial score (nSPS) is 24.1. The predicted octanol–water partition coefficient (Wildman–Crippen LogP) is 0.620. The molecule has 1 aromatic heterocycles. The first-order chi connectivity index (χ1) is 9.15. The van der Waals surface area contributed by atoms with E-state index in [1.165, 1.54) is 5.56 Å². The van der Waals surface area contributed by atoms with Gasteiger partial charge in [-0.2, -0.15) is 0 Å². The molecule has 1 aliphatic heterocycles. The molecule has 2 rings (SSSR count). The SMILES string of the molecule is CNc1ncccc1CN1C[C@H](N(C)C)C[C@H]1CO. The lowest BCUT2D eigenvalue weighted by atomic mass is 10.1. The van der Waals surface area contributed by atoms with Crippen LogP contribution in [0.15, 0.2) is 18.3 Å². The van der Waals surface area contributed by atoms with Crippen molar-refractivity contribution in [3.8, 4) is 0 Å². The van der Waals surface area contributed by atoms with Gasteiger partial charge in [-0.3, -0.25) is 4.90 Å². The zero-order valence-corrected chi connectivity index (χ0v) is 12.0. The van der Waals surface area contributed by atoms with Gasteiger partial charge >= 0.3 is 0 Å². The molecule has 5 nitrogen and oxygen atoms in total. The van der Waals surface area contributed by atoms with E-state index in [9.17, 15) is 5.11 Å². The van der Waals surface area contributed by atoms with Crippen molar-refractivity contribution in [1.82, 2.24) is 14.8 Å². The molecule has 2 N–H and O–H groups in total. The monoisotopic (exact) mass is 264 g/mol. The molecule has 5 heteroatoms. The number of aliphatic hydroxyl groups is 1. The first-order valence-corrected chi connectivity index (χ1v) is 6.78. The summed E-state index contributed by atoms with van der Waals surface area (Å²) in [6.07, 6.45) is 2.82. The van der Waals surface area contributed by atoms with E-state index in [1.54, 1.807) is 6.20 Å². The van der Waals surface area contributed by atoms with Gasteiger partial charge < -0.3 is 15.3 Å². The molecule has 0 aromatic carbocycles. The Morgan fingerprint density at radius 2 is 2.32 bits per heavy atom. The first kappa shape index (κ1) is 14.2. The van der Waals surface area contributed by atoms with Crippen LogP contribution in [0.5, 0.6) is 0 Å². The van der Waals surface area contributed by atoms with Crippen molar-refractivity contribution in [2.45, 2.75) is 25.0 Å². The summed E-state index contributed by atoms with van der Waals surface area (Å²) in [5.74, 6) is 0.924. The van der Waals surface area contributed by atoms with E-state index >= 15 is 0 Å². The summed E-state index contributed by atoms with van der Waals surface area (Å²) in [5, 5.41) is 12.7. The van der Waals surface area contributed by atoms with E-state index in [1.807, 2.05) is 13.1 Å². The van der Waals surface area contributed by atoms with E-state index in [2.05, 4.69) is 40.3 Å². The summed E-state index contributed by atoms with van der Waals surface area (Å²) in [5.41, 5.74) is 1.18.